The summed E-state index contributed by atoms with van der Waals surface area (Å²) in [5, 5.41) is 0.0418. The van der Waals surface area contributed by atoms with E-state index in [2.05, 4.69) is 16.7 Å². The first-order valence-electron chi connectivity index (χ1n) is 10.9. The van der Waals surface area contributed by atoms with Gasteiger partial charge in [0.25, 0.3) is 5.56 Å². The van der Waals surface area contributed by atoms with Crippen molar-refractivity contribution in [3.63, 3.8) is 0 Å². The highest BCUT2D eigenvalue weighted by Crippen LogP contribution is 2.43. The lowest BCUT2D eigenvalue weighted by Crippen LogP contribution is -2.44. The van der Waals surface area contributed by atoms with Crippen molar-refractivity contribution in [2.75, 3.05) is 51.1 Å². The Morgan fingerprint density at radius 1 is 1.38 bits per heavy atom. The summed E-state index contributed by atoms with van der Waals surface area (Å²) < 4.78 is 23.1. The molecule has 1 saturated carbocycles. The first-order chi connectivity index (χ1) is 15.3. The van der Waals surface area contributed by atoms with Crippen molar-refractivity contribution in [1.29, 1.82) is 0 Å². The predicted molar refractivity (Wildman–Crippen MR) is 121 cm³/mol. The Kier molecular flexibility index (Phi) is 5.86. The van der Waals surface area contributed by atoms with Crippen molar-refractivity contribution in [2.45, 2.75) is 38.3 Å². The van der Waals surface area contributed by atoms with Gasteiger partial charge in [-0.3, -0.25) is 14.3 Å². The van der Waals surface area contributed by atoms with Crippen LogP contribution in [0.2, 0.25) is 0 Å². The average molecular weight is 445 g/mol. The molecule has 1 aliphatic heterocycles. The number of anilines is 1. The van der Waals surface area contributed by atoms with Crippen molar-refractivity contribution < 1.29 is 9.13 Å². The molecule has 172 valence electrons. The summed E-state index contributed by atoms with van der Waals surface area (Å²) in [4.78, 5) is 33.0. The minimum absolute atomic E-state index is 0.0418. The number of halogens is 1. The third kappa shape index (κ3) is 3.60. The standard InChI is InChI=1S/C22H29FN6O3/c1-13(26(3)10-8-25-2)14-7-9-27(12-14)19-17(23)11-16-18(20(19)32-4)28(15-5-6-15)22(31)29(24)21(16)30/h11,13-15H,5-10,12,24H2,1,3-4H3. The zero-order chi connectivity index (χ0) is 23.2. The second-order valence-electron chi connectivity index (χ2n) is 8.79. The molecule has 1 aliphatic carbocycles. The first-order valence-corrected chi connectivity index (χ1v) is 10.9. The Hall–Kier alpha value is -3.06. The number of methoxy groups -OCH3 is 1. The van der Waals surface area contributed by atoms with E-state index in [4.69, 9.17) is 17.2 Å². The van der Waals surface area contributed by atoms with E-state index in [1.807, 2.05) is 11.9 Å². The van der Waals surface area contributed by atoms with E-state index in [1.165, 1.54) is 17.7 Å². The Balaban J connectivity index is 1.78. The van der Waals surface area contributed by atoms with Gasteiger partial charge >= 0.3 is 5.69 Å². The van der Waals surface area contributed by atoms with Crippen LogP contribution in [0.3, 0.4) is 0 Å². The van der Waals surface area contributed by atoms with Gasteiger partial charge in [-0.15, -0.1) is 0 Å². The van der Waals surface area contributed by atoms with Crippen LogP contribution in [0.4, 0.5) is 10.1 Å². The third-order valence-corrected chi connectivity index (χ3v) is 6.88. The van der Waals surface area contributed by atoms with Gasteiger partial charge < -0.3 is 20.3 Å². The minimum atomic E-state index is -0.736. The third-order valence-electron chi connectivity index (χ3n) is 6.88. The van der Waals surface area contributed by atoms with E-state index < -0.39 is 17.1 Å². The molecular formula is C22H29FN6O3. The summed E-state index contributed by atoms with van der Waals surface area (Å²) in [5.41, 5.74) is -0.759. The summed E-state index contributed by atoms with van der Waals surface area (Å²) in [6.45, 7) is 11.5. The molecule has 0 spiro atoms. The number of aromatic nitrogens is 2. The van der Waals surface area contributed by atoms with Crippen LogP contribution in [-0.2, 0) is 0 Å². The van der Waals surface area contributed by atoms with Gasteiger partial charge in [-0.05, 0) is 45.2 Å². The Morgan fingerprint density at radius 2 is 2.09 bits per heavy atom. The smallest absolute Gasteiger partial charge is 0.350 e. The zero-order valence-corrected chi connectivity index (χ0v) is 18.7. The van der Waals surface area contributed by atoms with Crippen LogP contribution in [0.5, 0.6) is 5.75 Å². The van der Waals surface area contributed by atoms with Crippen molar-refractivity contribution in [1.82, 2.24) is 14.1 Å². The second-order valence-corrected chi connectivity index (χ2v) is 8.79. The molecule has 2 fully saturated rings. The van der Waals surface area contributed by atoms with Crippen LogP contribution in [0, 0.1) is 18.3 Å². The van der Waals surface area contributed by atoms with Gasteiger partial charge in [0, 0.05) is 25.2 Å². The number of likely N-dealkylation sites (N-methyl/N-ethyl adjacent to an activating group) is 1. The molecule has 9 nitrogen and oxygen atoms in total. The molecule has 1 saturated heterocycles. The maximum Gasteiger partial charge on any atom is 0.350 e. The second kappa shape index (κ2) is 8.47. The highest BCUT2D eigenvalue weighted by atomic mass is 19.1. The van der Waals surface area contributed by atoms with Crippen molar-refractivity contribution in [2.24, 2.45) is 5.92 Å². The zero-order valence-electron chi connectivity index (χ0n) is 18.7. The number of ether oxygens (including phenoxy) is 1. The monoisotopic (exact) mass is 444 g/mol. The molecule has 2 aliphatic rings. The molecular weight excluding hydrogens is 415 g/mol. The maximum absolute atomic E-state index is 15.4. The molecule has 2 atom stereocenters. The van der Waals surface area contributed by atoms with Crippen LogP contribution < -0.4 is 26.7 Å². The number of rotatable bonds is 7. The lowest BCUT2D eigenvalue weighted by Gasteiger charge is -2.29. The molecule has 0 amide bonds. The minimum Gasteiger partial charge on any atom is -0.492 e. The molecule has 10 heteroatoms. The van der Waals surface area contributed by atoms with Crippen LogP contribution in [0.25, 0.3) is 15.7 Å². The summed E-state index contributed by atoms with van der Waals surface area (Å²) in [6.07, 6.45) is 2.45. The molecule has 0 bridgehead atoms. The molecule has 32 heavy (non-hydrogen) atoms. The van der Waals surface area contributed by atoms with Gasteiger partial charge in [-0.2, -0.15) is 4.68 Å². The number of nitrogens with zero attached hydrogens (tertiary/aromatic N) is 5. The van der Waals surface area contributed by atoms with E-state index in [-0.39, 0.29) is 34.8 Å². The molecule has 2 heterocycles. The molecule has 2 aromatic rings. The summed E-state index contributed by atoms with van der Waals surface area (Å²) in [5.74, 6) is 5.63. The Labute approximate surface area is 185 Å². The van der Waals surface area contributed by atoms with E-state index in [1.54, 1.807) is 0 Å². The van der Waals surface area contributed by atoms with Crippen LogP contribution >= 0.6 is 0 Å². The van der Waals surface area contributed by atoms with E-state index in [9.17, 15) is 9.59 Å². The van der Waals surface area contributed by atoms with Gasteiger partial charge in [0.05, 0.1) is 19.0 Å². The summed E-state index contributed by atoms with van der Waals surface area (Å²) in [7, 11) is 3.43. The largest absolute Gasteiger partial charge is 0.492 e. The van der Waals surface area contributed by atoms with E-state index in [0.717, 1.165) is 19.3 Å². The van der Waals surface area contributed by atoms with Crippen LogP contribution in [0.15, 0.2) is 15.7 Å². The molecule has 4 rings (SSSR count). The van der Waals surface area contributed by atoms with Crippen molar-refractivity contribution in [3.8, 4) is 5.75 Å². The topological polar surface area (TPSA) is 90.1 Å². The lowest BCUT2D eigenvalue weighted by atomic mass is 9.99. The molecule has 1 aromatic carbocycles. The summed E-state index contributed by atoms with van der Waals surface area (Å²) in [6, 6.07) is 1.33. The first kappa shape index (κ1) is 22.1. The number of hydrogen-bond donors (Lipinski definition) is 1. The highest BCUT2D eigenvalue weighted by molar-refractivity contribution is 5.91. The maximum atomic E-state index is 15.4. The van der Waals surface area contributed by atoms with Crippen LogP contribution in [-0.4, -0.2) is 60.5 Å². The molecule has 1 aromatic heterocycles. The lowest BCUT2D eigenvalue weighted by molar-refractivity contribution is 0.207. The molecule has 2 unspecified atom stereocenters. The Bertz CT molecular complexity index is 1200. The SMILES string of the molecule is [C-]#[N+]CCN(C)C(C)C1CCN(c2c(F)cc3c(=O)n(N)c(=O)n(C4CC4)c3c2OC)C1. The number of fused-ring (bicyclic) bond motifs is 1. The van der Waals surface area contributed by atoms with Crippen molar-refractivity contribution in [3.05, 3.63) is 44.1 Å². The number of hydrogen-bond acceptors (Lipinski definition) is 6. The van der Waals surface area contributed by atoms with Gasteiger partial charge in [-0.1, -0.05) is 0 Å². The number of nitrogen functional groups attached to an aromatic ring is 1. The fourth-order valence-electron chi connectivity index (χ4n) is 4.75. The average Bonchev–Trinajstić information content (AvgIpc) is 3.50. The normalized spacial score (nSPS) is 19.5. The van der Waals surface area contributed by atoms with Gasteiger partial charge in [0.2, 0.25) is 6.54 Å². The number of nitrogens with two attached hydrogens (primary N) is 1. The van der Waals surface area contributed by atoms with Gasteiger partial charge in [-0.25, -0.2) is 15.8 Å². The Morgan fingerprint density at radius 3 is 2.72 bits per heavy atom. The quantitative estimate of drug-likeness (QED) is 0.513. The van der Waals surface area contributed by atoms with E-state index in [0.29, 0.717) is 36.4 Å². The molecule has 0 radical (unpaired) electrons. The van der Waals surface area contributed by atoms with E-state index >= 15 is 4.39 Å². The fraction of sp³-hybridized carbons (Fsp3) is 0.591. The number of benzene rings is 1. The van der Waals surface area contributed by atoms with Crippen LogP contribution in [0.1, 0.15) is 32.2 Å². The highest BCUT2D eigenvalue weighted by Gasteiger charge is 2.35. The molecule has 2 N–H and O–H groups in total. The fourth-order valence-corrected chi connectivity index (χ4v) is 4.75. The van der Waals surface area contributed by atoms with Gasteiger partial charge in [0.1, 0.15) is 11.2 Å². The van der Waals surface area contributed by atoms with Crippen molar-refractivity contribution >= 4 is 16.6 Å². The summed E-state index contributed by atoms with van der Waals surface area (Å²) >= 11 is 0. The predicted octanol–water partition coefficient (Wildman–Crippen LogP) is 1.43. The van der Waals surface area contributed by atoms with Gasteiger partial charge in [0.15, 0.2) is 11.6 Å².